The Morgan fingerprint density at radius 1 is 1.10 bits per heavy atom. The molecule has 0 atom stereocenters. The lowest BCUT2D eigenvalue weighted by Gasteiger charge is -2.12. The van der Waals surface area contributed by atoms with Crippen molar-refractivity contribution in [3.05, 3.63) is 42.1 Å². The number of aryl methyl sites for hydroxylation is 1. The molecule has 2 amide bonds. The Labute approximate surface area is 123 Å². The number of urea groups is 1. The first-order valence-corrected chi connectivity index (χ1v) is 6.35. The number of nitrogens with zero attached hydrogens (tertiary/aromatic N) is 1. The molecule has 0 unspecified atom stereocenters. The number of anilines is 2. The lowest BCUT2D eigenvalue weighted by molar-refractivity contribution is 0.262. The molecule has 2 rings (SSSR count). The minimum absolute atomic E-state index is 0.405. The monoisotopic (exact) mass is 287 g/mol. The third kappa shape index (κ3) is 3.85. The molecule has 0 radical (unpaired) electrons. The summed E-state index contributed by atoms with van der Waals surface area (Å²) in [5, 5.41) is 5.35. The molecule has 0 aliphatic heterocycles. The Morgan fingerprint density at radius 2 is 1.90 bits per heavy atom. The summed E-state index contributed by atoms with van der Waals surface area (Å²) >= 11 is 0. The molecule has 21 heavy (non-hydrogen) atoms. The molecule has 0 spiro atoms. The number of carbonyl (C=O) groups excluding carboxylic acids is 1. The minimum Gasteiger partial charge on any atom is -0.497 e. The van der Waals surface area contributed by atoms with Crippen LogP contribution in [-0.4, -0.2) is 25.2 Å². The first-order chi connectivity index (χ1) is 10.1. The Hall–Kier alpha value is -2.76. The van der Waals surface area contributed by atoms with Crippen LogP contribution in [0.5, 0.6) is 11.5 Å². The highest BCUT2D eigenvalue weighted by Gasteiger charge is 2.09. The fraction of sp³-hybridized carbons (Fsp3) is 0.200. The van der Waals surface area contributed by atoms with Gasteiger partial charge in [-0.2, -0.15) is 0 Å². The highest BCUT2D eigenvalue weighted by atomic mass is 16.5. The Morgan fingerprint density at radius 3 is 2.52 bits per heavy atom. The molecular weight excluding hydrogens is 270 g/mol. The Kier molecular flexibility index (Phi) is 4.61. The van der Waals surface area contributed by atoms with E-state index in [4.69, 9.17) is 9.47 Å². The summed E-state index contributed by atoms with van der Waals surface area (Å²) in [6, 6.07) is 8.35. The van der Waals surface area contributed by atoms with E-state index in [0.717, 1.165) is 5.56 Å². The van der Waals surface area contributed by atoms with E-state index in [9.17, 15) is 4.79 Å². The van der Waals surface area contributed by atoms with Crippen LogP contribution in [0.2, 0.25) is 0 Å². The standard InChI is InChI=1S/C15H17N3O3/c1-10-4-7-14(16-9-10)18-15(19)17-12-8-11(20-2)5-6-13(12)21-3/h4-9H,1-3H3,(H2,16,17,18,19). The average molecular weight is 287 g/mol. The molecule has 1 aromatic heterocycles. The SMILES string of the molecule is COc1ccc(OC)c(NC(=O)Nc2ccc(C)cn2)c1. The van der Waals surface area contributed by atoms with Gasteiger partial charge in [0.25, 0.3) is 0 Å². The number of benzene rings is 1. The van der Waals surface area contributed by atoms with E-state index in [2.05, 4.69) is 15.6 Å². The van der Waals surface area contributed by atoms with E-state index in [-0.39, 0.29) is 0 Å². The lowest BCUT2D eigenvalue weighted by Crippen LogP contribution is -2.20. The largest absolute Gasteiger partial charge is 0.497 e. The van der Waals surface area contributed by atoms with Crippen LogP contribution in [0.4, 0.5) is 16.3 Å². The van der Waals surface area contributed by atoms with Crippen LogP contribution in [0.25, 0.3) is 0 Å². The van der Waals surface area contributed by atoms with Gasteiger partial charge in [-0.1, -0.05) is 6.07 Å². The predicted molar refractivity (Wildman–Crippen MR) is 81.2 cm³/mol. The minimum atomic E-state index is -0.405. The summed E-state index contributed by atoms with van der Waals surface area (Å²) in [6.07, 6.45) is 1.68. The van der Waals surface area contributed by atoms with E-state index < -0.39 is 6.03 Å². The van der Waals surface area contributed by atoms with Crippen LogP contribution in [0.15, 0.2) is 36.5 Å². The van der Waals surface area contributed by atoms with Crippen molar-refractivity contribution in [2.24, 2.45) is 0 Å². The number of methoxy groups -OCH3 is 2. The second-order valence-electron chi connectivity index (χ2n) is 4.37. The number of rotatable bonds is 4. The maximum absolute atomic E-state index is 12.0. The summed E-state index contributed by atoms with van der Waals surface area (Å²) in [6.45, 7) is 1.93. The van der Waals surface area contributed by atoms with Crippen molar-refractivity contribution in [1.29, 1.82) is 0 Å². The summed E-state index contributed by atoms with van der Waals surface area (Å²) in [7, 11) is 3.09. The topological polar surface area (TPSA) is 72.5 Å². The molecular formula is C15H17N3O3. The first kappa shape index (κ1) is 14.6. The molecule has 0 aliphatic rings. The highest BCUT2D eigenvalue weighted by Crippen LogP contribution is 2.28. The van der Waals surface area contributed by atoms with Crippen molar-refractivity contribution in [3.8, 4) is 11.5 Å². The number of hydrogen-bond donors (Lipinski definition) is 2. The second kappa shape index (κ2) is 6.60. The third-order valence-electron chi connectivity index (χ3n) is 2.81. The third-order valence-corrected chi connectivity index (χ3v) is 2.81. The predicted octanol–water partition coefficient (Wildman–Crippen LogP) is 3.05. The summed E-state index contributed by atoms with van der Waals surface area (Å²) in [5.41, 5.74) is 1.54. The second-order valence-corrected chi connectivity index (χ2v) is 4.37. The summed E-state index contributed by atoms with van der Waals surface area (Å²) in [5.74, 6) is 1.64. The number of ether oxygens (including phenoxy) is 2. The normalized spacial score (nSPS) is 9.86. The van der Waals surface area contributed by atoms with Gasteiger partial charge in [0.2, 0.25) is 0 Å². The van der Waals surface area contributed by atoms with Crippen LogP contribution in [0, 0.1) is 6.92 Å². The molecule has 0 aliphatic carbocycles. The van der Waals surface area contributed by atoms with Crippen LogP contribution < -0.4 is 20.1 Å². The molecule has 2 N–H and O–H groups in total. The zero-order valence-electron chi connectivity index (χ0n) is 12.1. The quantitative estimate of drug-likeness (QED) is 0.906. The van der Waals surface area contributed by atoms with Crippen LogP contribution >= 0.6 is 0 Å². The molecule has 0 bridgehead atoms. The van der Waals surface area contributed by atoms with E-state index in [1.165, 1.54) is 7.11 Å². The van der Waals surface area contributed by atoms with Crippen molar-refractivity contribution in [3.63, 3.8) is 0 Å². The maximum Gasteiger partial charge on any atom is 0.324 e. The van der Waals surface area contributed by atoms with Crippen molar-refractivity contribution < 1.29 is 14.3 Å². The number of aromatic nitrogens is 1. The van der Waals surface area contributed by atoms with E-state index in [0.29, 0.717) is 23.0 Å². The number of carbonyl (C=O) groups is 1. The van der Waals surface area contributed by atoms with Crippen molar-refractivity contribution in [1.82, 2.24) is 4.98 Å². The smallest absolute Gasteiger partial charge is 0.324 e. The van der Waals surface area contributed by atoms with Gasteiger partial charge in [-0.05, 0) is 30.7 Å². The van der Waals surface area contributed by atoms with Crippen molar-refractivity contribution >= 4 is 17.5 Å². The van der Waals surface area contributed by atoms with Gasteiger partial charge in [-0.15, -0.1) is 0 Å². The number of pyridine rings is 1. The fourth-order valence-corrected chi connectivity index (χ4v) is 1.72. The number of nitrogens with one attached hydrogen (secondary N) is 2. The van der Waals surface area contributed by atoms with Crippen molar-refractivity contribution in [2.75, 3.05) is 24.9 Å². The molecule has 1 aromatic carbocycles. The maximum atomic E-state index is 12.0. The average Bonchev–Trinajstić information content (AvgIpc) is 2.49. The van der Waals surface area contributed by atoms with Gasteiger partial charge in [0.05, 0.1) is 19.9 Å². The number of hydrogen-bond acceptors (Lipinski definition) is 4. The van der Waals surface area contributed by atoms with Crippen LogP contribution in [0.1, 0.15) is 5.56 Å². The molecule has 6 nitrogen and oxygen atoms in total. The van der Waals surface area contributed by atoms with E-state index in [1.807, 2.05) is 13.0 Å². The first-order valence-electron chi connectivity index (χ1n) is 6.35. The molecule has 110 valence electrons. The van der Waals surface area contributed by atoms with Crippen molar-refractivity contribution in [2.45, 2.75) is 6.92 Å². The van der Waals surface area contributed by atoms with Gasteiger partial charge >= 0.3 is 6.03 Å². The van der Waals surface area contributed by atoms with E-state index in [1.54, 1.807) is 37.6 Å². The molecule has 2 aromatic rings. The van der Waals surface area contributed by atoms with Gasteiger partial charge in [-0.3, -0.25) is 5.32 Å². The Bertz CT molecular complexity index is 627. The summed E-state index contributed by atoms with van der Waals surface area (Å²) < 4.78 is 10.3. The summed E-state index contributed by atoms with van der Waals surface area (Å²) in [4.78, 5) is 16.1. The zero-order chi connectivity index (χ0) is 15.2. The van der Waals surface area contributed by atoms with Crippen LogP contribution in [0.3, 0.4) is 0 Å². The fourth-order valence-electron chi connectivity index (χ4n) is 1.72. The molecule has 0 fully saturated rings. The number of amides is 2. The lowest BCUT2D eigenvalue weighted by atomic mass is 10.2. The van der Waals surface area contributed by atoms with Crippen LogP contribution in [-0.2, 0) is 0 Å². The van der Waals surface area contributed by atoms with Gasteiger partial charge in [-0.25, -0.2) is 9.78 Å². The molecule has 0 saturated heterocycles. The highest BCUT2D eigenvalue weighted by molar-refractivity contribution is 6.00. The van der Waals surface area contributed by atoms with Gasteiger partial charge in [0.1, 0.15) is 17.3 Å². The van der Waals surface area contributed by atoms with Gasteiger partial charge in [0, 0.05) is 12.3 Å². The Balaban J connectivity index is 2.09. The molecule has 0 saturated carbocycles. The molecule has 1 heterocycles. The molecule has 6 heteroatoms. The van der Waals surface area contributed by atoms with Gasteiger partial charge in [0.15, 0.2) is 0 Å². The van der Waals surface area contributed by atoms with Gasteiger partial charge < -0.3 is 14.8 Å². The zero-order valence-corrected chi connectivity index (χ0v) is 12.1. The van der Waals surface area contributed by atoms with E-state index >= 15 is 0 Å².